The number of ether oxygens (including phenoxy) is 2. The Morgan fingerprint density at radius 2 is 1.95 bits per heavy atom. The first-order chi connectivity index (χ1) is 19.0. The molecular weight excluding hydrogens is 507 g/mol. The largest absolute Gasteiger partial charge is 0.487 e. The van der Waals surface area contributed by atoms with Crippen molar-refractivity contribution in [3.8, 4) is 28.7 Å². The summed E-state index contributed by atoms with van der Waals surface area (Å²) in [5.74, 6) is 1.82. The van der Waals surface area contributed by atoms with Crippen LogP contribution in [0, 0.1) is 15.9 Å². The molecule has 3 aromatic carbocycles. The second-order valence-electron chi connectivity index (χ2n) is 8.87. The van der Waals surface area contributed by atoms with Crippen molar-refractivity contribution in [3.63, 3.8) is 0 Å². The van der Waals surface area contributed by atoms with Crippen molar-refractivity contribution >= 4 is 28.1 Å². The molecule has 1 aliphatic carbocycles. The molecule has 196 valence electrons. The Bertz CT molecular complexity index is 1700. The van der Waals surface area contributed by atoms with Gasteiger partial charge in [-0.1, -0.05) is 6.07 Å². The molecule has 0 atom stereocenters. The molecule has 0 spiro atoms. The molecule has 12 heteroatoms. The van der Waals surface area contributed by atoms with E-state index >= 15 is 4.39 Å². The first kappa shape index (κ1) is 24.2. The molecule has 1 N–H and O–H groups in total. The second kappa shape index (κ2) is 9.97. The third-order valence-corrected chi connectivity index (χ3v) is 6.09. The maximum atomic E-state index is 15.1. The zero-order valence-corrected chi connectivity index (χ0v) is 20.6. The minimum Gasteiger partial charge on any atom is -0.487 e. The fourth-order valence-corrected chi connectivity index (χ4v) is 4.05. The third-order valence-electron chi connectivity index (χ3n) is 6.09. The van der Waals surface area contributed by atoms with Gasteiger partial charge in [0.15, 0.2) is 5.75 Å². The number of aromatic nitrogens is 4. The van der Waals surface area contributed by atoms with E-state index in [2.05, 4.69) is 25.5 Å². The average molecular weight is 529 g/mol. The number of anilines is 2. The Morgan fingerprint density at radius 1 is 1.10 bits per heavy atom. The topological polar surface area (TPSA) is 138 Å². The van der Waals surface area contributed by atoms with E-state index in [1.165, 1.54) is 30.6 Å². The lowest BCUT2D eigenvalue weighted by Crippen LogP contribution is -2.01. The van der Waals surface area contributed by atoms with E-state index in [0.717, 1.165) is 12.8 Å². The highest BCUT2D eigenvalue weighted by atomic mass is 19.1. The summed E-state index contributed by atoms with van der Waals surface area (Å²) in [7, 11) is 0. The van der Waals surface area contributed by atoms with Gasteiger partial charge in [-0.25, -0.2) is 14.4 Å². The van der Waals surface area contributed by atoms with E-state index < -0.39 is 10.7 Å². The number of halogens is 1. The Morgan fingerprint density at radius 3 is 2.72 bits per heavy atom. The fourth-order valence-electron chi connectivity index (χ4n) is 4.05. The number of fused-ring (bicyclic) bond motifs is 1. The third kappa shape index (κ3) is 5.04. The number of nitrogens with zero attached hydrogens (tertiary/aromatic N) is 5. The van der Waals surface area contributed by atoms with Crippen LogP contribution >= 0.6 is 0 Å². The van der Waals surface area contributed by atoms with Crippen LogP contribution in [0.2, 0.25) is 0 Å². The highest BCUT2D eigenvalue weighted by Crippen LogP contribution is 2.40. The van der Waals surface area contributed by atoms with Gasteiger partial charge in [0, 0.05) is 29.7 Å². The van der Waals surface area contributed by atoms with Crippen molar-refractivity contribution in [1.82, 2.24) is 20.2 Å². The lowest BCUT2D eigenvalue weighted by Gasteiger charge is -2.12. The molecule has 2 aromatic heterocycles. The monoisotopic (exact) mass is 528 g/mol. The van der Waals surface area contributed by atoms with Crippen molar-refractivity contribution in [2.75, 3.05) is 11.9 Å². The van der Waals surface area contributed by atoms with Gasteiger partial charge < -0.3 is 19.2 Å². The van der Waals surface area contributed by atoms with E-state index in [1.54, 1.807) is 31.2 Å². The van der Waals surface area contributed by atoms with E-state index in [-0.39, 0.29) is 35.3 Å². The number of nitrogens with one attached hydrogen (secondary N) is 1. The Balaban J connectivity index is 1.23. The standard InChI is InChI=1S/C27H21FN6O5/c1-2-37-24-13-22-19(12-23(24)34(35)36)25(30-14-29-22)31-21-9-8-18(11-20(21)28)38-17-5-3-4-16(10-17)27-33-32-26(39-27)15-6-7-15/h3-5,8-15H,2,6-7H2,1H3,(H,29,30,31). The summed E-state index contributed by atoms with van der Waals surface area (Å²) >= 11 is 0. The lowest BCUT2D eigenvalue weighted by atomic mass is 10.2. The van der Waals surface area contributed by atoms with Gasteiger partial charge in [0.05, 0.1) is 28.1 Å². The highest BCUT2D eigenvalue weighted by molar-refractivity contribution is 5.93. The normalized spacial score (nSPS) is 12.9. The maximum Gasteiger partial charge on any atom is 0.311 e. The van der Waals surface area contributed by atoms with Gasteiger partial charge in [0.1, 0.15) is 29.5 Å². The molecule has 0 amide bonds. The van der Waals surface area contributed by atoms with Crippen LogP contribution in [0.25, 0.3) is 22.4 Å². The predicted molar refractivity (Wildman–Crippen MR) is 139 cm³/mol. The SMILES string of the molecule is CCOc1cc2ncnc(Nc3ccc(Oc4cccc(-c5nnc(C6CC6)o5)c4)cc3F)c2cc1[N+](=O)[O-]. The molecule has 1 fully saturated rings. The van der Waals surface area contributed by atoms with E-state index in [9.17, 15) is 10.1 Å². The number of hydrogen-bond acceptors (Lipinski definition) is 10. The first-order valence-electron chi connectivity index (χ1n) is 12.2. The molecule has 0 aliphatic heterocycles. The number of nitro groups is 1. The summed E-state index contributed by atoms with van der Waals surface area (Å²) in [6, 6.07) is 14.2. The summed E-state index contributed by atoms with van der Waals surface area (Å²) in [4.78, 5) is 19.3. The molecular formula is C27H21FN6O5. The van der Waals surface area contributed by atoms with Gasteiger partial charge in [-0.2, -0.15) is 0 Å². The first-order valence-corrected chi connectivity index (χ1v) is 12.2. The lowest BCUT2D eigenvalue weighted by molar-refractivity contribution is -0.385. The Kier molecular flexibility index (Phi) is 6.19. The molecule has 2 heterocycles. The van der Waals surface area contributed by atoms with Crippen LogP contribution in [0.4, 0.5) is 21.6 Å². The number of benzene rings is 3. The van der Waals surface area contributed by atoms with Gasteiger partial charge >= 0.3 is 5.69 Å². The number of nitro benzene ring substituents is 1. The van der Waals surface area contributed by atoms with Gasteiger partial charge in [-0.05, 0) is 50.1 Å². The fraction of sp³-hybridized carbons (Fsp3) is 0.185. The molecule has 11 nitrogen and oxygen atoms in total. The zero-order chi connectivity index (χ0) is 26.9. The Labute approximate surface area is 220 Å². The maximum absolute atomic E-state index is 15.1. The number of rotatable bonds is 9. The van der Waals surface area contributed by atoms with Crippen molar-refractivity contribution in [2.45, 2.75) is 25.7 Å². The summed E-state index contributed by atoms with van der Waals surface area (Å²) in [6.07, 6.45) is 3.40. The van der Waals surface area contributed by atoms with Gasteiger partial charge in [-0.3, -0.25) is 10.1 Å². The van der Waals surface area contributed by atoms with Crippen molar-refractivity contribution in [1.29, 1.82) is 0 Å². The molecule has 0 saturated heterocycles. The molecule has 39 heavy (non-hydrogen) atoms. The minimum absolute atomic E-state index is 0.0962. The summed E-state index contributed by atoms with van der Waals surface area (Å²) in [5, 5.41) is 23.0. The minimum atomic E-state index is -0.609. The van der Waals surface area contributed by atoms with Crippen molar-refractivity contribution in [3.05, 3.63) is 82.7 Å². The van der Waals surface area contributed by atoms with Crippen LogP contribution in [-0.2, 0) is 0 Å². The average Bonchev–Trinajstić information content (AvgIpc) is 3.66. The quantitative estimate of drug-likeness (QED) is 0.166. The summed E-state index contributed by atoms with van der Waals surface area (Å²) in [5.41, 5.74) is 0.972. The zero-order valence-electron chi connectivity index (χ0n) is 20.6. The summed E-state index contributed by atoms with van der Waals surface area (Å²) in [6.45, 7) is 1.98. The smallest absolute Gasteiger partial charge is 0.311 e. The molecule has 5 aromatic rings. The second-order valence-corrected chi connectivity index (χ2v) is 8.87. The predicted octanol–water partition coefficient (Wildman–Crippen LogP) is 6.54. The van der Waals surface area contributed by atoms with Crippen molar-refractivity contribution < 1.29 is 23.2 Å². The molecule has 0 bridgehead atoms. The highest BCUT2D eigenvalue weighted by Gasteiger charge is 2.29. The van der Waals surface area contributed by atoms with Gasteiger partial charge in [0.25, 0.3) is 0 Å². The molecule has 1 aliphatic rings. The molecule has 0 radical (unpaired) electrons. The van der Waals surface area contributed by atoms with Gasteiger partial charge in [-0.15, -0.1) is 10.2 Å². The van der Waals surface area contributed by atoms with Crippen LogP contribution in [-0.4, -0.2) is 31.7 Å². The van der Waals surface area contributed by atoms with Crippen molar-refractivity contribution in [2.24, 2.45) is 0 Å². The number of hydrogen-bond donors (Lipinski definition) is 1. The van der Waals surface area contributed by atoms with Crippen LogP contribution < -0.4 is 14.8 Å². The van der Waals surface area contributed by atoms with E-state index in [0.29, 0.717) is 39.9 Å². The Hall–Kier alpha value is -5.13. The van der Waals surface area contributed by atoms with Crippen LogP contribution in [0.5, 0.6) is 17.2 Å². The van der Waals surface area contributed by atoms with Crippen LogP contribution in [0.3, 0.4) is 0 Å². The molecule has 0 unspecified atom stereocenters. The molecule has 1 saturated carbocycles. The van der Waals surface area contributed by atoms with E-state index in [4.69, 9.17) is 13.9 Å². The van der Waals surface area contributed by atoms with Crippen LogP contribution in [0.15, 0.2) is 65.3 Å². The van der Waals surface area contributed by atoms with Gasteiger partial charge in [0.2, 0.25) is 11.8 Å². The summed E-state index contributed by atoms with van der Waals surface area (Å²) < 4.78 is 32.1. The van der Waals surface area contributed by atoms with Crippen LogP contribution in [0.1, 0.15) is 31.6 Å². The molecule has 6 rings (SSSR count). The van der Waals surface area contributed by atoms with E-state index in [1.807, 2.05) is 6.07 Å².